The average molecular weight is 489 g/mol. The molecule has 0 unspecified atom stereocenters. The van der Waals surface area contributed by atoms with Crippen LogP contribution in [0, 0.1) is 13.8 Å². The maximum absolute atomic E-state index is 12.2. The summed E-state index contributed by atoms with van der Waals surface area (Å²) >= 11 is 0. The number of hydrogen-bond donors (Lipinski definition) is 2. The van der Waals surface area contributed by atoms with Crippen LogP contribution in [0.2, 0.25) is 0 Å². The van der Waals surface area contributed by atoms with Crippen LogP contribution in [-0.4, -0.2) is 24.4 Å². The lowest BCUT2D eigenvalue weighted by Gasteiger charge is -2.15. The second-order valence-corrected chi connectivity index (χ2v) is 8.95. The second-order valence-electron chi connectivity index (χ2n) is 8.95. The predicted molar refractivity (Wildman–Crippen MR) is 140 cm³/mol. The van der Waals surface area contributed by atoms with Crippen molar-refractivity contribution >= 4 is 29.2 Å². The molecule has 0 atom stereocenters. The summed E-state index contributed by atoms with van der Waals surface area (Å²) in [7, 11) is 0. The van der Waals surface area contributed by atoms with Crippen LogP contribution in [-0.2, 0) is 19.1 Å². The minimum Gasteiger partial charge on any atom is -0.457 e. The molecule has 0 bridgehead atoms. The van der Waals surface area contributed by atoms with Gasteiger partial charge in [-0.25, -0.2) is 0 Å². The van der Waals surface area contributed by atoms with Gasteiger partial charge in [-0.05, 0) is 73.4 Å². The van der Waals surface area contributed by atoms with E-state index in [2.05, 4.69) is 36.6 Å². The Balaban J connectivity index is 1.41. The van der Waals surface area contributed by atoms with Gasteiger partial charge in [-0.15, -0.1) is 0 Å². The lowest BCUT2D eigenvalue weighted by atomic mass is 10.0. The van der Waals surface area contributed by atoms with Crippen molar-refractivity contribution in [2.75, 3.05) is 17.2 Å². The minimum atomic E-state index is -0.618. The van der Waals surface area contributed by atoms with Crippen molar-refractivity contribution in [3.05, 3.63) is 83.4 Å². The molecule has 0 fully saturated rings. The molecule has 0 aliphatic heterocycles. The van der Waals surface area contributed by atoms with E-state index in [4.69, 9.17) is 9.47 Å². The maximum Gasteiger partial charge on any atom is 0.306 e. The van der Waals surface area contributed by atoms with Crippen molar-refractivity contribution in [1.29, 1.82) is 0 Å². The van der Waals surface area contributed by atoms with Gasteiger partial charge in [-0.1, -0.05) is 43.7 Å². The summed E-state index contributed by atoms with van der Waals surface area (Å²) in [5.41, 5.74) is 4.52. The number of rotatable bonds is 10. The second kappa shape index (κ2) is 12.5. The van der Waals surface area contributed by atoms with Crippen LogP contribution < -0.4 is 15.4 Å². The summed E-state index contributed by atoms with van der Waals surface area (Å²) in [6.07, 6.45) is -0.187. The number of amides is 2. The highest BCUT2D eigenvalue weighted by molar-refractivity contribution is 5.94. The van der Waals surface area contributed by atoms with E-state index in [1.807, 2.05) is 32.0 Å². The highest BCUT2D eigenvalue weighted by atomic mass is 16.5. The van der Waals surface area contributed by atoms with E-state index in [1.54, 1.807) is 36.4 Å². The minimum absolute atomic E-state index is 0.0578. The van der Waals surface area contributed by atoms with E-state index in [9.17, 15) is 14.4 Å². The van der Waals surface area contributed by atoms with Crippen LogP contribution in [0.15, 0.2) is 66.7 Å². The molecule has 0 aliphatic rings. The molecule has 7 nitrogen and oxygen atoms in total. The van der Waals surface area contributed by atoms with E-state index in [0.29, 0.717) is 23.0 Å². The number of esters is 1. The Kier molecular flexibility index (Phi) is 9.22. The summed E-state index contributed by atoms with van der Waals surface area (Å²) < 4.78 is 11.0. The molecule has 0 saturated carbocycles. The first kappa shape index (κ1) is 26.5. The number of aryl methyl sites for hydroxylation is 2. The molecule has 0 aromatic heterocycles. The number of nitrogens with one attached hydrogen (secondary N) is 2. The zero-order valence-electron chi connectivity index (χ0n) is 21.1. The third kappa shape index (κ3) is 8.27. The fourth-order valence-electron chi connectivity index (χ4n) is 3.43. The van der Waals surface area contributed by atoms with Gasteiger partial charge < -0.3 is 20.1 Å². The molecular weight excluding hydrogens is 456 g/mol. The van der Waals surface area contributed by atoms with Crippen LogP contribution in [0.5, 0.6) is 11.5 Å². The molecule has 2 N–H and O–H groups in total. The van der Waals surface area contributed by atoms with Gasteiger partial charge in [0, 0.05) is 17.8 Å². The molecule has 0 spiro atoms. The lowest BCUT2D eigenvalue weighted by Crippen LogP contribution is -2.21. The molecule has 3 aromatic rings. The first-order valence-corrected chi connectivity index (χ1v) is 11.9. The molecule has 0 saturated heterocycles. The Labute approximate surface area is 211 Å². The molecule has 188 valence electrons. The zero-order valence-corrected chi connectivity index (χ0v) is 21.1. The van der Waals surface area contributed by atoms with Crippen LogP contribution in [0.3, 0.4) is 0 Å². The fourth-order valence-corrected chi connectivity index (χ4v) is 3.43. The van der Waals surface area contributed by atoms with E-state index in [1.165, 1.54) is 0 Å². The average Bonchev–Trinajstić information content (AvgIpc) is 2.84. The van der Waals surface area contributed by atoms with Gasteiger partial charge in [-0.3, -0.25) is 14.4 Å². The molecule has 36 heavy (non-hydrogen) atoms. The van der Waals surface area contributed by atoms with Gasteiger partial charge in [0.2, 0.25) is 5.91 Å². The third-order valence-electron chi connectivity index (χ3n) is 5.41. The van der Waals surface area contributed by atoms with Gasteiger partial charge in [0.25, 0.3) is 5.91 Å². The van der Waals surface area contributed by atoms with Crippen molar-refractivity contribution in [2.45, 2.75) is 46.5 Å². The van der Waals surface area contributed by atoms with Crippen molar-refractivity contribution in [3.63, 3.8) is 0 Å². The van der Waals surface area contributed by atoms with Crippen LogP contribution in [0.1, 0.15) is 49.3 Å². The van der Waals surface area contributed by atoms with Crippen LogP contribution >= 0.6 is 0 Å². The Hall–Kier alpha value is -4.13. The molecule has 3 aromatic carbocycles. The van der Waals surface area contributed by atoms with Crippen molar-refractivity contribution in [1.82, 2.24) is 0 Å². The van der Waals surface area contributed by atoms with Crippen LogP contribution in [0.4, 0.5) is 11.4 Å². The molecule has 0 aliphatic carbocycles. The molecule has 3 rings (SSSR count). The van der Waals surface area contributed by atoms with Crippen molar-refractivity contribution < 1.29 is 23.9 Å². The van der Waals surface area contributed by atoms with E-state index in [-0.39, 0.29) is 18.7 Å². The van der Waals surface area contributed by atoms with Gasteiger partial charge in [-0.2, -0.15) is 0 Å². The summed E-state index contributed by atoms with van der Waals surface area (Å²) in [4.78, 5) is 36.1. The zero-order chi connectivity index (χ0) is 26.1. The maximum atomic E-state index is 12.2. The number of carbonyl (C=O) groups is 3. The third-order valence-corrected chi connectivity index (χ3v) is 5.41. The molecule has 2 amide bonds. The number of carbonyl (C=O) groups excluding carboxylic acids is 3. The summed E-state index contributed by atoms with van der Waals surface area (Å²) in [5, 5.41) is 5.39. The highest BCUT2D eigenvalue weighted by Gasteiger charge is 2.12. The number of ether oxygens (including phenoxy) is 2. The Bertz CT molecular complexity index is 1200. The summed E-state index contributed by atoms with van der Waals surface area (Å²) in [5.74, 6) is 0.414. The van der Waals surface area contributed by atoms with Gasteiger partial charge >= 0.3 is 5.97 Å². The molecule has 7 heteroatoms. The Morgan fingerprint density at radius 3 is 1.97 bits per heavy atom. The van der Waals surface area contributed by atoms with Gasteiger partial charge in [0.05, 0.1) is 6.42 Å². The number of hydrogen-bond acceptors (Lipinski definition) is 5. The number of anilines is 2. The van der Waals surface area contributed by atoms with Crippen molar-refractivity contribution in [2.24, 2.45) is 0 Å². The van der Waals surface area contributed by atoms with Gasteiger partial charge in [0.1, 0.15) is 11.5 Å². The standard InChI is InChI=1S/C29H32N2O5/c1-19(2)25-14-7-21(4)17-26(25)36-24-12-10-23(11-13-24)30-27(32)15-16-29(34)35-18-28(33)31-22-8-5-20(3)6-9-22/h5-14,17,19H,15-16,18H2,1-4H3,(H,30,32)(H,31,33). The normalized spacial score (nSPS) is 10.6. The SMILES string of the molecule is Cc1ccc(NC(=O)COC(=O)CCC(=O)Nc2ccc(Oc3cc(C)ccc3C(C)C)cc2)cc1. The van der Waals surface area contributed by atoms with E-state index in [0.717, 1.165) is 22.4 Å². The first-order valence-electron chi connectivity index (χ1n) is 11.9. The molecular formula is C29H32N2O5. The summed E-state index contributed by atoms with van der Waals surface area (Å²) in [6.45, 7) is 7.79. The highest BCUT2D eigenvalue weighted by Crippen LogP contribution is 2.32. The Morgan fingerprint density at radius 1 is 0.750 bits per heavy atom. The van der Waals surface area contributed by atoms with Gasteiger partial charge in [0.15, 0.2) is 6.61 Å². The smallest absolute Gasteiger partial charge is 0.306 e. The topological polar surface area (TPSA) is 93.7 Å². The Morgan fingerprint density at radius 2 is 1.33 bits per heavy atom. The fraction of sp³-hybridized carbons (Fsp3) is 0.276. The summed E-state index contributed by atoms with van der Waals surface area (Å²) in [6, 6.07) is 20.5. The first-order chi connectivity index (χ1) is 17.2. The van der Waals surface area contributed by atoms with Crippen molar-refractivity contribution in [3.8, 4) is 11.5 Å². The lowest BCUT2D eigenvalue weighted by molar-refractivity contribution is -0.147. The molecule has 0 radical (unpaired) electrons. The predicted octanol–water partition coefficient (Wildman–Crippen LogP) is 6.12. The molecule has 0 heterocycles. The largest absolute Gasteiger partial charge is 0.457 e. The quantitative estimate of drug-likeness (QED) is 0.335. The number of benzene rings is 3. The van der Waals surface area contributed by atoms with E-state index < -0.39 is 18.5 Å². The monoisotopic (exact) mass is 488 g/mol. The van der Waals surface area contributed by atoms with Crippen LogP contribution in [0.25, 0.3) is 0 Å². The van der Waals surface area contributed by atoms with E-state index >= 15 is 0 Å².